The fourth-order valence-corrected chi connectivity index (χ4v) is 3.07. The average molecular weight is 416 g/mol. The van der Waals surface area contributed by atoms with Crippen LogP contribution in [0.2, 0.25) is 0 Å². The van der Waals surface area contributed by atoms with E-state index in [2.05, 4.69) is 5.32 Å². The highest BCUT2D eigenvalue weighted by molar-refractivity contribution is 6.10. The van der Waals surface area contributed by atoms with Gasteiger partial charge in [0, 0.05) is 23.6 Å². The highest BCUT2D eigenvalue weighted by Gasteiger charge is 2.19. The van der Waals surface area contributed by atoms with Gasteiger partial charge in [-0.3, -0.25) is 4.79 Å². The minimum Gasteiger partial charge on any atom is -0.478 e. The number of fused-ring (bicyclic) bond motifs is 1. The van der Waals surface area contributed by atoms with Gasteiger partial charge in [0.15, 0.2) is 5.75 Å². The van der Waals surface area contributed by atoms with Crippen LogP contribution in [0.25, 0.3) is 17.4 Å². The molecule has 2 heterocycles. The third-order valence-corrected chi connectivity index (χ3v) is 4.64. The SMILES string of the molecule is N#C/C(=C\c1ccc(-c2ccc(C(=O)O)cc2)o1)C(=O)Nc1cccc2c1OOCC2. The summed E-state index contributed by atoms with van der Waals surface area (Å²) < 4.78 is 5.69. The summed E-state index contributed by atoms with van der Waals surface area (Å²) in [6, 6.07) is 16.7. The molecule has 4 rings (SSSR count). The Bertz CT molecular complexity index is 1220. The van der Waals surface area contributed by atoms with E-state index in [1.807, 2.05) is 12.1 Å². The van der Waals surface area contributed by atoms with Crippen molar-refractivity contribution >= 4 is 23.6 Å². The predicted octanol–water partition coefficient (Wildman–Crippen LogP) is 4.06. The van der Waals surface area contributed by atoms with Crippen LogP contribution < -0.4 is 10.2 Å². The molecule has 0 fully saturated rings. The van der Waals surface area contributed by atoms with Gasteiger partial charge in [0.1, 0.15) is 23.2 Å². The fraction of sp³-hybridized carbons (Fsp3) is 0.0870. The van der Waals surface area contributed by atoms with Crippen LogP contribution in [-0.2, 0) is 16.1 Å². The number of para-hydroxylation sites is 1. The molecule has 0 atom stereocenters. The number of carboxylic acid groups (broad SMARTS) is 1. The predicted molar refractivity (Wildman–Crippen MR) is 110 cm³/mol. The number of hydrogen-bond acceptors (Lipinski definition) is 6. The van der Waals surface area contributed by atoms with Gasteiger partial charge in [0.2, 0.25) is 0 Å². The van der Waals surface area contributed by atoms with Crippen LogP contribution >= 0.6 is 0 Å². The number of amides is 1. The monoisotopic (exact) mass is 416 g/mol. The van der Waals surface area contributed by atoms with Crippen LogP contribution in [0.5, 0.6) is 5.75 Å². The van der Waals surface area contributed by atoms with Gasteiger partial charge < -0.3 is 19.7 Å². The zero-order valence-corrected chi connectivity index (χ0v) is 16.1. The van der Waals surface area contributed by atoms with Crippen molar-refractivity contribution in [2.24, 2.45) is 0 Å². The number of anilines is 1. The van der Waals surface area contributed by atoms with Gasteiger partial charge in [-0.15, -0.1) is 0 Å². The van der Waals surface area contributed by atoms with Crippen molar-refractivity contribution in [3.05, 3.63) is 77.1 Å². The van der Waals surface area contributed by atoms with E-state index in [9.17, 15) is 14.9 Å². The Kier molecular flexibility index (Phi) is 5.51. The van der Waals surface area contributed by atoms with Gasteiger partial charge >= 0.3 is 5.97 Å². The Morgan fingerprint density at radius 2 is 1.90 bits per heavy atom. The van der Waals surface area contributed by atoms with E-state index in [1.165, 1.54) is 18.2 Å². The lowest BCUT2D eigenvalue weighted by atomic mass is 10.1. The molecule has 0 saturated carbocycles. The van der Waals surface area contributed by atoms with Crippen LogP contribution in [0.4, 0.5) is 5.69 Å². The third kappa shape index (κ3) is 4.32. The number of nitrogens with one attached hydrogen (secondary N) is 1. The molecule has 0 unspecified atom stereocenters. The van der Waals surface area contributed by atoms with Crippen LogP contribution in [0.3, 0.4) is 0 Å². The number of hydrogen-bond donors (Lipinski definition) is 2. The summed E-state index contributed by atoms with van der Waals surface area (Å²) in [4.78, 5) is 33.8. The highest BCUT2D eigenvalue weighted by Crippen LogP contribution is 2.32. The Balaban J connectivity index is 1.53. The molecule has 8 nitrogen and oxygen atoms in total. The number of carboxylic acids is 1. The first-order chi connectivity index (χ1) is 15.0. The van der Waals surface area contributed by atoms with Gasteiger partial charge in [-0.05, 0) is 30.3 Å². The molecule has 0 aliphatic carbocycles. The van der Waals surface area contributed by atoms with Crippen molar-refractivity contribution in [1.82, 2.24) is 0 Å². The molecule has 2 N–H and O–H groups in total. The molecule has 0 bridgehead atoms. The largest absolute Gasteiger partial charge is 0.478 e. The molecule has 2 aromatic carbocycles. The molecule has 31 heavy (non-hydrogen) atoms. The molecule has 1 aliphatic heterocycles. The summed E-state index contributed by atoms with van der Waals surface area (Å²) in [7, 11) is 0. The first-order valence-corrected chi connectivity index (χ1v) is 9.33. The van der Waals surface area contributed by atoms with Crippen molar-refractivity contribution < 1.29 is 28.9 Å². The van der Waals surface area contributed by atoms with Gasteiger partial charge in [-0.1, -0.05) is 24.3 Å². The van der Waals surface area contributed by atoms with E-state index < -0.39 is 11.9 Å². The second-order valence-corrected chi connectivity index (χ2v) is 6.66. The van der Waals surface area contributed by atoms with Crippen molar-refractivity contribution in [3.63, 3.8) is 0 Å². The Hall–Kier alpha value is -4.35. The number of rotatable bonds is 5. The number of benzene rings is 2. The molecule has 0 radical (unpaired) electrons. The maximum Gasteiger partial charge on any atom is 0.335 e. The average Bonchev–Trinajstić information content (AvgIpc) is 3.26. The summed E-state index contributed by atoms with van der Waals surface area (Å²) in [5.41, 5.74) is 1.98. The molecule has 1 aromatic heterocycles. The van der Waals surface area contributed by atoms with Crippen molar-refractivity contribution in [2.75, 3.05) is 11.9 Å². The zero-order valence-electron chi connectivity index (χ0n) is 16.1. The van der Waals surface area contributed by atoms with E-state index >= 15 is 0 Å². The topological polar surface area (TPSA) is 122 Å². The Morgan fingerprint density at radius 3 is 2.65 bits per heavy atom. The number of carbonyl (C=O) groups is 2. The van der Waals surface area contributed by atoms with Gasteiger partial charge in [-0.25, -0.2) is 4.79 Å². The summed E-state index contributed by atoms with van der Waals surface area (Å²) in [5.74, 6) is -0.434. The smallest absolute Gasteiger partial charge is 0.335 e. The number of furan rings is 1. The van der Waals surface area contributed by atoms with E-state index in [1.54, 1.807) is 36.4 Å². The van der Waals surface area contributed by atoms with Crippen LogP contribution in [0.1, 0.15) is 21.7 Å². The zero-order chi connectivity index (χ0) is 21.8. The lowest BCUT2D eigenvalue weighted by Crippen LogP contribution is -2.17. The maximum absolute atomic E-state index is 12.6. The van der Waals surface area contributed by atoms with E-state index in [-0.39, 0.29) is 11.1 Å². The number of nitrogens with zero attached hydrogens (tertiary/aromatic N) is 1. The third-order valence-electron chi connectivity index (χ3n) is 4.64. The Labute approximate surface area is 176 Å². The summed E-state index contributed by atoms with van der Waals surface area (Å²) in [6.45, 7) is 0.424. The van der Waals surface area contributed by atoms with Crippen molar-refractivity contribution in [3.8, 4) is 23.1 Å². The molecule has 8 heteroatoms. The quantitative estimate of drug-likeness (QED) is 0.365. The molecule has 3 aromatic rings. The molecular formula is C23H16N2O6. The minimum atomic E-state index is -1.02. The van der Waals surface area contributed by atoms with Crippen molar-refractivity contribution in [1.29, 1.82) is 5.26 Å². The minimum absolute atomic E-state index is 0.156. The van der Waals surface area contributed by atoms with Crippen molar-refractivity contribution in [2.45, 2.75) is 6.42 Å². The Morgan fingerprint density at radius 1 is 1.10 bits per heavy atom. The standard InChI is InChI=1S/C23H16N2O6/c24-13-17(22(26)25-19-3-1-2-15-10-11-29-31-21(15)19)12-18-8-9-20(30-18)14-4-6-16(7-5-14)23(27)28/h1-9,12H,10-11H2,(H,25,26)(H,27,28)/b17-12+. The molecule has 0 saturated heterocycles. The van der Waals surface area contributed by atoms with Gasteiger partial charge in [0.05, 0.1) is 17.9 Å². The second kappa shape index (κ2) is 8.57. The van der Waals surface area contributed by atoms with Crippen LogP contribution in [-0.4, -0.2) is 23.6 Å². The van der Waals surface area contributed by atoms with E-state index in [4.69, 9.17) is 19.3 Å². The van der Waals surface area contributed by atoms with Crippen LogP contribution in [0.15, 0.2) is 64.6 Å². The molecular weight excluding hydrogens is 400 g/mol. The van der Waals surface area contributed by atoms with E-state index in [0.717, 1.165) is 5.56 Å². The normalized spacial score (nSPS) is 12.9. The lowest BCUT2D eigenvalue weighted by Gasteiger charge is -2.18. The second-order valence-electron chi connectivity index (χ2n) is 6.66. The van der Waals surface area contributed by atoms with Gasteiger partial charge in [-0.2, -0.15) is 10.1 Å². The summed E-state index contributed by atoms with van der Waals surface area (Å²) >= 11 is 0. The van der Waals surface area contributed by atoms with Crippen LogP contribution in [0, 0.1) is 11.3 Å². The van der Waals surface area contributed by atoms with Gasteiger partial charge in [0.25, 0.3) is 5.91 Å². The molecule has 0 spiro atoms. The lowest BCUT2D eigenvalue weighted by molar-refractivity contribution is -0.214. The molecule has 154 valence electrons. The fourth-order valence-electron chi connectivity index (χ4n) is 3.07. The maximum atomic E-state index is 12.6. The molecule has 1 aliphatic rings. The first-order valence-electron chi connectivity index (χ1n) is 9.33. The number of nitriles is 1. The molecule has 1 amide bonds. The number of carbonyl (C=O) groups excluding carboxylic acids is 1. The van der Waals surface area contributed by atoms with E-state index in [0.29, 0.717) is 41.5 Å². The summed E-state index contributed by atoms with van der Waals surface area (Å²) in [6.07, 6.45) is 1.99. The number of aromatic carboxylic acids is 1. The highest BCUT2D eigenvalue weighted by atomic mass is 17.2. The first kappa shape index (κ1) is 19.9. The summed E-state index contributed by atoms with van der Waals surface area (Å²) in [5, 5.41) is 21.1.